The number of piperidine rings is 1. The Morgan fingerprint density at radius 1 is 1.24 bits per heavy atom. The Hall–Kier alpha value is -1.95. The second-order valence-corrected chi connectivity index (χ2v) is 7.39. The number of benzene rings is 1. The van der Waals surface area contributed by atoms with Crippen LogP contribution < -0.4 is 14.8 Å². The number of rotatable bonds is 4. The van der Waals surface area contributed by atoms with Crippen molar-refractivity contribution in [2.75, 3.05) is 25.8 Å². The first-order chi connectivity index (χ1) is 11.9. The summed E-state index contributed by atoms with van der Waals surface area (Å²) in [7, 11) is 0. The van der Waals surface area contributed by atoms with Crippen LogP contribution in [-0.4, -0.2) is 48.5 Å². The molecule has 1 fully saturated rings. The SMILES string of the molecule is CC(C)(CCl)C(=O)N1CCC(NC(=O)c2ccc3c(c2)OCO3)CC1. The van der Waals surface area contributed by atoms with Gasteiger partial charge < -0.3 is 19.7 Å². The Labute approximate surface area is 152 Å². The van der Waals surface area contributed by atoms with E-state index in [1.807, 2.05) is 18.7 Å². The van der Waals surface area contributed by atoms with Gasteiger partial charge in [0.15, 0.2) is 11.5 Å². The highest BCUT2D eigenvalue weighted by atomic mass is 35.5. The van der Waals surface area contributed by atoms with Gasteiger partial charge in [0, 0.05) is 30.6 Å². The molecule has 2 aliphatic rings. The summed E-state index contributed by atoms with van der Waals surface area (Å²) in [5, 5.41) is 3.04. The molecule has 7 heteroatoms. The predicted molar refractivity (Wildman–Crippen MR) is 94.1 cm³/mol. The van der Waals surface area contributed by atoms with Crippen molar-refractivity contribution in [1.82, 2.24) is 10.2 Å². The van der Waals surface area contributed by atoms with Crippen LogP contribution in [-0.2, 0) is 4.79 Å². The van der Waals surface area contributed by atoms with Crippen LogP contribution in [0.15, 0.2) is 18.2 Å². The average molecular weight is 367 g/mol. The molecule has 2 heterocycles. The number of carbonyl (C=O) groups excluding carboxylic acids is 2. The molecule has 1 aromatic carbocycles. The normalized spacial score (nSPS) is 17.5. The zero-order valence-electron chi connectivity index (χ0n) is 14.5. The molecule has 0 unspecified atom stereocenters. The number of alkyl halides is 1. The van der Waals surface area contributed by atoms with Crippen molar-refractivity contribution in [3.05, 3.63) is 23.8 Å². The molecular weight excluding hydrogens is 344 g/mol. The number of halogens is 1. The highest BCUT2D eigenvalue weighted by Crippen LogP contribution is 2.32. The average Bonchev–Trinajstić information content (AvgIpc) is 3.09. The monoisotopic (exact) mass is 366 g/mol. The van der Waals surface area contributed by atoms with Gasteiger partial charge in [-0.15, -0.1) is 11.6 Å². The first kappa shape index (κ1) is 17.9. The number of hydrogen-bond acceptors (Lipinski definition) is 4. The highest BCUT2D eigenvalue weighted by Gasteiger charge is 2.33. The quantitative estimate of drug-likeness (QED) is 0.831. The molecule has 0 bridgehead atoms. The maximum absolute atomic E-state index is 12.4. The van der Waals surface area contributed by atoms with E-state index in [9.17, 15) is 9.59 Å². The second kappa shape index (κ2) is 7.12. The van der Waals surface area contributed by atoms with Crippen LogP contribution in [0.2, 0.25) is 0 Å². The van der Waals surface area contributed by atoms with E-state index >= 15 is 0 Å². The van der Waals surface area contributed by atoms with E-state index < -0.39 is 5.41 Å². The summed E-state index contributed by atoms with van der Waals surface area (Å²) >= 11 is 5.89. The molecular formula is C18H23ClN2O4. The number of nitrogens with zero attached hydrogens (tertiary/aromatic N) is 1. The van der Waals surface area contributed by atoms with Gasteiger partial charge in [-0.05, 0) is 44.9 Å². The molecule has 1 N–H and O–H groups in total. The van der Waals surface area contributed by atoms with E-state index in [1.165, 1.54) is 0 Å². The molecule has 2 aliphatic heterocycles. The maximum Gasteiger partial charge on any atom is 0.251 e. The predicted octanol–water partition coefficient (Wildman–Crippen LogP) is 2.40. The molecule has 3 rings (SSSR count). The first-order valence-corrected chi connectivity index (χ1v) is 9.00. The van der Waals surface area contributed by atoms with E-state index in [1.54, 1.807) is 18.2 Å². The number of ether oxygens (including phenoxy) is 2. The van der Waals surface area contributed by atoms with Gasteiger partial charge in [0.2, 0.25) is 12.7 Å². The number of carbonyl (C=O) groups is 2. The van der Waals surface area contributed by atoms with Crippen LogP contribution >= 0.6 is 11.6 Å². The van der Waals surface area contributed by atoms with Gasteiger partial charge in [-0.1, -0.05) is 0 Å². The van der Waals surface area contributed by atoms with Crippen LogP contribution in [0.3, 0.4) is 0 Å². The number of fused-ring (bicyclic) bond motifs is 1. The molecule has 6 nitrogen and oxygen atoms in total. The fraction of sp³-hybridized carbons (Fsp3) is 0.556. The number of hydrogen-bond donors (Lipinski definition) is 1. The molecule has 0 radical (unpaired) electrons. The van der Waals surface area contributed by atoms with Crippen molar-refractivity contribution in [3.63, 3.8) is 0 Å². The van der Waals surface area contributed by atoms with Crippen molar-refractivity contribution < 1.29 is 19.1 Å². The van der Waals surface area contributed by atoms with Crippen LogP contribution in [0, 0.1) is 5.41 Å². The van der Waals surface area contributed by atoms with Gasteiger partial charge in [-0.3, -0.25) is 9.59 Å². The van der Waals surface area contributed by atoms with Gasteiger partial charge in [-0.2, -0.15) is 0 Å². The van der Waals surface area contributed by atoms with Crippen molar-refractivity contribution in [3.8, 4) is 11.5 Å². The van der Waals surface area contributed by atoms with Gasteiger partial charge in [0.05, 0.1) is 5.41 Å². The maximum atomic E-state index is 12.4. The topological polar surface area (TPSA) is 67.9 Å². The Bertz CT molecular complexity index is 669. The lowest BCUT2D eigenvalue weighted by Crippen LogP contribution is -2.50. The minimum Gasteiger partial charge on any atom is -0.454 e. The summed E-state index contributed by atoms with van der Waals surface area (Å²) in [6, 6.07) is 5.22. The lowest BCUT2D eigenvalue weighted by Gasteiger charge is -2.36. The van der Waals surface area contributed by atoms with Crippen LogP contribution in [0.1, 0.15) is 37.0 Å². The first-order valence-electron chi connectivity index (χ1n) is 8.46. The molecule has 1 saturated heterocycles. The van der Waals surface area contributed by atoms with Gasteiger partial charge >= 0.3 is 0 Å². The summed E-state index contributed by atoms with van der Waals surface area (Å²) in [6.45, 7) is 5.16. The van der Waals surface area contributed by atoms with Gasteiger partial charge in [-0.25, -0.2) is 0 Å². The Balaban J connectivity index is 1.54. The van der Waals surface area contributed by atoms with E-state index in [4.69, 9.17) is 21.1 Å². The highest BCUT2D eigenvalue weighted by molar-refractivity contribution is 6.19. The largest absolute Gasteiger partial charge is 0.454 e. The molecule has 0 atom stereocenters. The Kier molecular flexibility index (Phi) is 5.08. The van der Waals surface area contributed by atoms with Crippen LogP contribution in [0.5, 0.6) is 11.5 Å². The van der Waals surface area contributed by atoms with E-state index in [0.717, 1.165) is 12.8 Å². The van der Waals surface area contributed by atoms with Crippen LogP contribution in [0.25, 0.3) is 0 Å². The third-order valence-corrected chi connectivity index (χ3v) is 5.33. The third kappa shape index (κ3) is 3.84. The Morgan fingerprint density at radius 3 is 2.60 bits per heavy atom. The fourth-order valence-electron chi connectivity index (χ4n) is 3.02. The van der Waals surface area contributed by atoms with Crippen molar-refractivity contribution >= 4 is 23.4 Å². The molecule has 0 aliphatic carbocycles. The van der Waals surface area contributed by atoms with Crippen molar-refractivity contribution in [1.29, 1.82) is 0 Å². The fourth-order valence-corrected chi connectivity index (χ4v) is 3.13. The number of nitrogens with one attached hydrogen (secondary N) is 1. The standard InChI is InChI=1S/C18H23ClN2O4/c1-18(2,10-19)17(23)21-7-5-13(6-8-21)20-16(22)12-3-4-14-15(9-12)25-11-24-14/h3-4,9,13H,5-8,10-11H2,1-2H3,(H,20,22). The summed E-state index contributed by atoms with van der Waals surface area (Å²) in [5.41, 5.74) is -0.00421. The number of amides is 2. The smallest absolute Gasteiger partial charge is 0.251 e. The zero-order valence-corrected chi connectivity index (χ0v) is 15.3. The second-order valence-electron chi connectivity index (χ2n) is 7.13. The molecule has 0 saturated carbocycles. The van der Waals surface area contributed by atoms with E-state index in [2.05, 4.69) is 5.32 Å². The molecule has 136 valence electrons. The molecule has 1 aromatic rings. The van der Waals surface area contributed by atoms with Crippen LogP contribution in [0.4, 0.5) is 0 Å². The molecule has 25 heavy (non-hydrogen) atoms. The van der Waals surface area contributed by atoms with Crippen molar-refractivity contribution in [2.45, 2.75) is 32.7 Å². The lowest BCUT2D eigenvalue weighted by molar-refractivity contribution is -0.140. The third-order valence-electron chi connectivity index (χ3n) is 4.67. The van der Waals surface area contributed by atoms with E-state index in [-0.39, 0.29) is 24.6 Å². The summed E-state index contributed by atoms with van der Waals surface area (Å²) in [4.78, 5) is 26.7. The summed E-state index contributed by atoms with van der Waals surface area (Å²) in [5.74, 6) is 1.49. The summed E-state index contributed by atoms with van der Waals surface area (Å²) < 4.78 is 10.6. The minimum atomic E-state index is -0.551. The van der Waals surface area contributed by atoms with Crippen molar-refractivity contribution in [2.24, 2.45) is 5.41 Å². The Morgan fingerprint density at radius 2 is 1.92 bits per heavy atom. The molecule has 0 aromatic heterocycles. The molecule has 2 amide bonds. The van der Waals surface area contributed by atoms with Gasteiger partial charge in [0.25, 0.3) is 5.91 Å². The number of likely N-dealkylation sites (tertiary alicyclic amines) is 1. The minimum absolute atomic E-state index is 0.0566. The molecule has 0 spiro atoms. The van der Waals surface area contributed by atoms with E-state index in [0.29, 0.717) is 36.0 Å². The lowest BCUT2D eigenvalue weighted by atomic mass is 9.92. The summed E-state index contributed by atoms with van der Waals surface area (Å²) in [6.07, 6.45) is 1.47. The zero-order chi connectivity index (χ0) is 18.0. The van der Waals surface area contributed by atoms with Gasteiger partial charge in [0.1, 0.15) is 0 Å².